The van der Waals surface area contributed by atoms with E-state index in [0.717, 1.165) is 6.07 Å². The summed E-state index contributed by atoms with van der Waals surface area (Å²) in [5, 5.41) is 11.6. The van der Waals surface area contributed by atoms with E-state index < -0.39 is 36.1 Å². The molecular formula is C14H17BrF3NO3. The molecule has 0 fully saturated rings. The predicted molar refractivity (Wildman–Crippen MR) is 78.3 cm³/mol. The van der Waals surface area contributed by atoms with E-state index in [1.54, 1.807) is 20.8 Å². The smallest absolute Gasteiger partial charge is 0.416 e. The minimum Gasteiger partial charge on any atom is -0.444 e. The van der Waals surface area contributed by atoms with Crippen LogP contribution >= 0.6 is 15.9 Å². The highest BCUT2D eigenvalue weighted by Gasteiger charge is 2.36. The first-order valence-electron chi connectivity index (χ1n) is 6.41. The van der Waals surface area contributed by atoms with Crippen molar-refractivity contribution < 1.29 is 27.8 Å². The van der Waals surface area contributed by atoms with Crippen molar-refractivity contribution in [2.75, 3.05) is 6.61 Å². The number of alkyl carbamates (subject to hydrolysis) is 1. The van der Waals surface area contributed by atoms with Crippen LogP contribution in [0.4, 0.5) is 18.0 Å². The first-order chi connectivity index (χ1) is 9.94. The van der Waals surface area contributed by atoms with Crippen LogP contribution in [0.3, 0.4) is 0 Å². The molecule has 4 nitrogen and oxygen atoms in total. The van der Waals surface area contributed by atoms with Crippen molar-refractivity contribution in [3.63, 3.8) is 0 Å². The van der Waals surface area contributed by atoms with Crippen LogP contribution < -0.4 is 5.32 Å². The first kappa shape index (κ1) is 18.8. The van der Waals surface area contributed by atoms with Crippen LogP contribution in [0.2, 0.25) is 0 Å². The molecule has 1 unspecified atom stereocenters. The van der Waals surface area contributed by atoms with Crippen molar-refractivity contribution >= 4 is 22.0 Å². The van der Waals surface area contributed by atoms with Crippen molar-refractivity contribution in [1.29, 1.82) is 0 Å². The molecule has 0 heterocycles. The van der Waals surface area contributed by atoms with Gasteiger partial charge < -0.3 is 15.2 Å². The number of aliphatic hydroxyl groups is 1. The second kappa shape index (κ2) is 6.87. The van der Waals surface area contributed by atoms with Gasteiger partial charge in [-0.25, -0.2) is 4.79 Å². The van der Waals surface area contributed by atoms with Crippen LogP contribution in [-0.2, 0) is 10.9 Å². The Kier molecular flexibility index (Phi) is 5.86. The summed E-state index contributed by atoms with van der Waals surface area (Å²) in [6.07, 6.45) is -5.51. The fraction of sp³-hybridized carbons (Fsp3) is 0.500. The maximum Gasteiger partial charge on any atom is 0.416 e. The zero-order valence-electron chi connectivity index (χ0n) is 12.3. The van der Waals surface area contributed by atoms with Crippen LogP contribution in [0.25, 0.3) is 0 Å². The van der Waals surface area contributed by atoms with Gasteiger partial charge in [0.1, 0.15) is 5.60 Å². The SMILES string of the molecule is CC(C)(C)OC(=O)NC(CO)c1ccc(Br)cc1C(F)(F)F. The summed E-state index contributed by atoms with van der Waals surface area (Å²) in [5.41, 5.74) is -1.96. The molecule has 0 saturated heterocycles. The third kappa shape index (κ3) is 5.49. The monoisotopic (exact) mass is 383 g/mol. The maximum absolute atomic E-state index is 13.1. The summed E-state index contributed by atoms with van der Waals surface area (Å²) in [7, 11) is 0. The lowest BCUT2D eigenvalue weighted by atomic mass is 10.0. The van der Waals surface area contributed by atoms with Gasteiger partial charge in [-0.2, -0.15) is 13.2 Å². The van der Waals surface area contributed by atoms with Gasteiger partial charge in [0.25, 0.3) is 0 Å². The molecule has 0 aliphatic carbocycles. The second-order valence-electron chi connectivity index (χ2n) is 5.61. The maximum atomic E-state index is 13.1. The lowest BCUT2D eigenvalue weighted by Gasteiger charge is -2.24. The van der Waals surface area contributed by atoms with E-state index in [9.17, 15) is 23.1 Å². The Morgan fingerprint density at radius 3 is 2.41 bits per heavy atom. The summed E-state index contributed by atoms with van der Waals surface area (Å²) in [4.78, 5) is 11.7. The number of carbonyl (C=O) groups is 1. The molecule has 0 saturated carbocycles. The van der Waals surface area contributed by atoms with E-state index >= 15 is 0 Å². The minimum absolute atomic E-state index is 0.232. The third-order valence-electron chi connectivity index (χ3n) is 2.57. The zero-order valence-corrected chi connectivity index (χ0v) is 13.9. The summed E-state index contributed by atoms with van der Waals surface area (Å²) < 4.78 is 44.5. The Hall–Kier alpha value is -1.28. The molecule has 1 aromatic carbocycles. The fourth-order valence-corrected chi connectivity index (χ4v) is 2.11. The van der Waals surface area contributed by atoms with Gasteiger partial charge in [-0.05, 0) is 38.5 Å². The molecule has 1 aromatic rings. The number of rotatable bonds is 3. The summed E-state index contributed by atoms with van der Waals surface area (Å²) >= 11 is 2.98. The molecule has 0 aliphatic heterocycles. The molecule has 0 bridgehead atoms. The number of alkyl halides is 3. The van der Waals surface area contributed by atoms with Crippen molar-refractivity contribution in [3.05, 3.63) is 33.8 Å². The number of aliphatic hydroxyl groups excluding tert-OH is 1. The van der Waals surface area contributed by atoms with Gasteiger partial charge in [0.05, 0.1) is 18.2 Å². The Labute approximate surface area is 134 Å². The van der Waals surface area contributed by atoms with Crippen LogP contribution in [-0.4, -0.2) is 23.4 Å². The van der Waals surface area contributed by atoms with Crippen molar-refractivity contribution in [2.45, 2.75) is 38.6 Å². The Morgan fingerprint density at radius 2 is 1.95 bits per heavy atom. The lowest BCUT2D eigenvalue weighted by molar-refractivity contribution is -0.138. The fourth-order valence-electron chi connectivity index (χ4n) is 1.75. The third-order valence-corrected chi connectivity index (χ3v) is 3.06. The molecule has 1 atom stereocenters. The van der Waals surface area contributed by atoms with Gasteiger partial charge in [-0.15, -0.1) is 0 Å². The van der Waals surface area contributed by atoms with Gasteiger partial charge in [0, 0.05) is 4.47 Å². The molecular weight excluding hydrogens is 367 g/mol. The molecule has 2 N–H and O–H groups in total. The minimum atomic E-state index is -4.61. The summed E-state index contributed by atoms with van der Waals surface area (Å²) in [6, 6.07) is 2.28. The second-order valence-corrected chi connectivity index (χ2v) is 6.53. The molecule has 1 rings (SSSR count). The van der Waals surface area contributed by atoms with Crippen molar-refractivity contribution in [3.8, 4) is 0 Å². The number of carbonyl (C=O) groups excluding carboxylic acids is 1. The Morgan fingerprint density at radius 1 is 1.36 bits per heavy atom. The number of benzene rings is 1. The zero-order chi connectivity index (χ0) is 17.1. The summed E-state index contributed by atoms with van der Waals surface area (Å²) in [6.45, 7) is 4.19. The normalized spacial score (nSPS) is 13.6. The highest BCUT2D eigenvalue weighted by Crippen LogP contribution is 2.36. The van der Waals surface area contributed by atoms with E-state index in [4.69, 9.17) is 4.74 Å². The van der Waals surface area contributed by atoms with E-state index in [1.165, 1.54) is 12.1 Å². The Bertz CT molecular complexity index is 541. The first-order valence-corrected chi connectivity index (χ1v) is 7.20. The van der Waals surface area contributed by atoms with Gasteiger partial charge in [-0.1, -0.05) is 22.0 Å². The van der Waals surface area contributed by atoms with Gasteiger partial charge >= 0.3 is 12.3 Å². The topological polar surface area (TPSA) is 58.6 Å². The van der Waals surface area contributed by atoms with Crippen LogP contribution in [0.5, 0.6) is 0 Å². The molecule has 124 valence electrons. The van der Waals surface area contributed by atoms with E-state index in [2.05, 4.69) is 21.2 Å². The number of nitrogens with one attached hydrogen (secondary N) is 1. The molecule has 1 amide bonds. The molecule has 0 aromatic heterocycles. The van der Waals surface area contributed by atoms with E-state index in [-0.39, 0.29) is 10.0 Å². The molecule has 0 aliphatic rings. The number of hydrogen-bond acceptors (Lipinski definition) is 3. The quantitative estimate of drug-likeness (QED) is 0.828. The van der Waals surface area contributed by atoms with Crippen LogP contribution in [0, 0.1) is 0 Å². The van der Waals surface area contributed by atoms with E-state index in [1.807, 2.05) is 0 Å². The van der Waals surface area contributed by atoms with Crippen LogP contribution in [0.15, 0.2) is 22.7 Å². The molecule has 22 heavy (non-hydrogen) atoms. The highest BCUT2D eigenvalue weighted by molar-refractivity contribution is 9.10. The van der Waals surface area contributed by atoms with Crippen LogP contribution in [0.1, 0.15) is 37.9 Å². The number of halogens is 4. The predicted octanol–water partition coefficient (Wildman–Crippen LogP) is 4.03. The molecule has 0 spiro atoms. The van der Waals surface area contributed by atoms with Gasteiger partial charge in [-0.3, -0.25) is 0 Å². The largest absolute Gasteiger partial charge is 0.444 e. The standard InChI is InChI=1S/C14H17BrF3NO3/c1-13(2,3)22-12(21)19-11(7-20)9-5-4-8(15)6-10(9)14(16,17)18/h4-6,11,20H,7H2,1-3H3,(H,19,21). The average Bonchev–Trinajstić information content (AvgIpc) is 2.33. The lowest BCUT2D eigenvalue weighted by Crippen LogP contribution is -2.37. The molecule has 0 radical (unpaired) electrons. The average molecular weight is 384 g/mol. The van der Waals surface area contributed by atoms with Gasteiger partial charge in [0.15, 0.2) is 0 Å². The number of hydrogen-bond donors (Lipinski definition) is 2. The van der Waals surface area contributed by atoms with Gasteiger partial charge in [0.2, 0.25) is 0 Å². The van der Waals surface area contributed by atoms with Crippen molar-refractivity contribution in [2.24, 2.45) is 0 Å². The Balaban J connectivity index is 3.08. The number of amides is 1. The highest BCUT2D eigenvalue weighted by atomic mass is 79.9. The number of ether oxygens (including phenoxy) is 1. The summed E-state index contributed by atoms with van der Waals surface area (Å²) in [5.74, 6) is 0. The molecule has 8 heteroatoms. The van der Waals surface area contributed by atoms with E-state index in [0.29, 0.717) is 0 Å². The van der Waals surface area contributed by atoms with Crippen molar-refractivity contribution in [1.82, 2.24) is 5.32 Å².